The monoisotopic (exact) mass is 499 g/mol. The van der Waals surface area contributed by atoms with Crippen molar-refractivity contribution in [1.82, 2.24) is 24.7 Å². The van der Waals surface area contributed by atoms with Crippen LogP contribution in [0.25, 0.3) is 33.4 Å². The Morgan fingerprint density at radius 1 is 1.05 bits per heavy atom. The SMILES string of the molecule is COCCO[C@H]1CC[C@H](n2nc(-c3ccc4nc(Nc5ccccc5)oc4c3)c3c(N)ncnc32)CC1. The molecule has 6 rings (SSSR count). The summed E-state index contributed by atoms with van der Waals surface area (Å²) < 4.78 is 19.1. The van der Waals surface area contributed by atoms with Crippen molar-refractivity contribution >= 4 is 39.7 Å². The lowest BCUT2D eigenvalue weighted by Gasteiger charge is -2.28. The molecule has 10 nitrogen and oxygen atoms in total. The molecule has 2 aromatic carbocycles. The zero-order chi connectivity index (χ0) is 25.2. The molecule has 0 amide bonds. The molecule has 190 valence electrons. The van der Waals surface area contributed by atoms with Crippen molar-refractivity contribution in [2.24, 2.45) is 0 Å². The fourth-order valence-electron chi connectivity index (χ4n) is 4.98. The Labute approximate surface area is 213 Å². The number of benzene rings is 2. The normalized spacial score (nSPS) is 18.0. The van der Waals surface area contributed by atoms with Crippen molar-refractivity contribution in [1.29, 1.82) is 0 Å². The first-order chi connectivity index (χ1) is 18.2. The van der Waals surface area contributed by atoms with Crippen LogP contribution in [0.5, 0.6) is 0 Å². The smallest absolute Gasteiger partial charge is 0.300 e. The average molecular weight is 500 g/mol. The van der Waals surface area contributed by atoms with Gasteiger partial charge in [-0.15, -0.1) is 0 Å². The molecular weight excluding hydrogens is 470 g/mol. The fourth-order valence-corrected chi connectivity index (χ4v) is 4.98. The largest absolute Gasteiger partial charge is 0.423 e. The van der Waals surface area contributed by atoms with Crippen LogP contribution in [0.3, 0.4) is 0 Å². The van der Waals surface area contributed by atoms with Gasteiger partial charge >= 0.3 is 0 Å². The Hall–Kier alpha value is -4.02. The highest BCUT2D eigenvalue weighted by molar-refractivity contribution is 5.99. The maximum absolute atomic E-state index is 6.35. The van der Waals surface area contributed by atoms with Crippen LogP contribution in [0.1, 0.15) is 31.7 Å². The van der Waals surface area contributed by atoms with E-state index in [0.29, 0.717) is 30.6 Å². The third-order valence-corrected chi connectivity index (χ3v) is 6.84. The van der Waals surface area contributed by atoms with Crippen molar-refractivity contribution in [3.05, 3.63) is 54.9 Å². The Morgan fingerprint density at radius 2 is 1.89 bits per heavy atom. The number of aromatic nitrogens is 5. The average Bonchev–Trinajstić information content (AvgIpc) is 3.51. The predicted octanol–water partition coefficient (Wildman–Crippen LogP) is 5.11. The van der Waals surface area contributed by atoms with E-state index in [4.69, 9.17) is 24.7 Å². The van der Waals surface area contributed by atoms with Gasteiger partial charge in [0.1, 0.15) is 23.4 Å². The molecule has 0 atom stereocenters. The van der Waals surface area contributed by atoms with Gasteiger partial charge in [0.2, 0.25) is 0 Å². The summed E-state index contributed by atoms with van der Waals surface area (Å²) in [6.45, 7) is 1.24. The third kappa shape index (κ3) is 4.73. The molecule has 5 aromatic rings. The van der Waals surface area contributed by atoms with Crippen molar-refractivity contribution in [2.45, 2.75) is 37.8 Å². The van der Waals surface area contributed by atoms with Crippen LogP contribution in [0.4, 0.5) is 17.5 Å². The van der Waals surface area contributed by atoms with Gasteiger partial charge in [-0.3, -0.25) is 0 Å². The van der Waals surface area contributed by atoms with Gasteiger partial charge in [0.05, 0.1) is 30.7 Å². The Kier molecular flexibility index (Phi) is 6.42. The van der Waals surface area contributed by atoms with E-state index in [9.17, 15) is 0 Å². The lowest BCUT2D eigenvalue weighted by Crippen LogP contribution is -2.25. The first-order valence-electron chi connectivity index (χ1n) is 12.5. The summed E-state index contributed by atoms with van der Waals surface area (Å²) in [4.78, 5) is 13.4. The number of nitrogen functional groups attached to an aromatic ring is 1. The molecule has 0 saturated heterocycles. The maximum Gasteiger partial charge on any atom is 0.300 e. The summed E-state index contributed by atoms with van der Waals surface area (Å²) in [7, 11) is 1.69. The van der Waals surface area contributed by atoms with Gasteiger partial charge in [0.25, 0.3) is 6.01 Å². The number of para-hydroxylation sites is 1. The second-order valence-corrected chi connectivity index (χ2v) is 9.24. The number of oxazole rings is 1. The van der Waals surface area contributed by atoms with Crippen molar-refractivity contribution < 1.29 is 13.9 Å². The molecule has 0 aliphatic heterocycles. The van der Waals surface area contributed by atoms with E-state index >= 15 is 0 Å². The number of nitrogens with two attached hydrogens (primary N) is 1. The van der Waals surface area contributed by atoms with E-state index in [1.165, 1.54) is 6.33 Å². The van der Waals surface area contributed by atoms with Gasteiger partial charge in [-0.2, -0.15) is 10.1 Å². The standard InChI is InChI=1S/C27H29N7O3/c1-35-13-14-36-20-10-8-19(9-11-20)34-26-23(25(28)29-16-30-26)24(33-34)17-7-12-21-22(15-17)37-27(32-21)31-18-5-3-2-4-6-18/h2-7,12,15-16,19-20H,8-11,13-14H2,1H3,(H,31,32)(H2,28,29,30)/t19-,20-. The number of methoxy groups -OCH3 is 1. The van der Waals surface area contributed by atoms with Gasteiger partial charge in [-0.25, -0.2) is 14.6 Å². The first-order valence-corrected chi connectivity index (χ1v) is 12.5. The van der Waals surface area contributed by atoms with Crippen LogP contribution in [-0.2, 0) is 9.47 Å². The summed E-state index contributed by atoms with van der Waals surface area (Å²) >= 11 is 0. The minimum absolute atomic E-state index is 0.212. The molecule has 3 heterocycles. The molecule has 0 radical (unpaired) electrons. The molecule has 0 unspecified atom stereocenters. The Morgan fingerprint density at radius 3 is 2.70 bits per heavy atom. The number of ether oxygens (including phenoxy) is 2. The molecule has 37 heavy (non-hydrogen) atoms. The molecule has 0 bridgehead atoms. The summed E-state index contributed by atoms with van der Waals surface area (Å²) in [5.74, 6) is 0.409. The third-order valence-electron chi connectivity index (χ3n) is 6.84. The van der Waals surface area contributed by atoms with E-state index in [0.717, 1.165) is 59.2 Å². The molecule has 0 spiro atoms. The van der Waals surface area contributed by atoms with Crippen LogP contribution >= 0.6 is 0 Å². The molecule has 1 aliphatic carbocycles. The van der Waals surface area contributed by atoms with Crippen LogP contribution in [-0.4, -0.2) is 51.2 Å². The molecule has 1 saturated carbocycles. The van der Waals surface area contributed by atoms with Gasteiger partial charge in [0, 0.05) is 18.4 Å². The molecule has 1 fully saturated rings. The number of nitrogens with zero attached hydrogens (tertiary/aromatic N) is 5. The van der Waals surface area contributed by atoms with E-state index in [1.54, 1.807) is 7.11 Å². The van der Waals surface area contributed by atoms with Crippen molar-refractivity contribution in [3.63, 3.8) is 0 Å². The van der Waals surface area contributed by atoms with Crippen LogP contribution < -0.4 is 11.1 Å². The van der Waals surface area contributed by atoms with Crippen molar-refractivity contribution in [2.75, 3.05) is 31.4 Å². The van der Waals surface area contributed by atoms with Gasteiger partial charge < -0.3 is 24.9 Å². The lowest BCUT2D eigenvalue weighted by molar-refractivity contribution is -0.00691. The highest BCUT2D eigenvalue weighted by Gasteiger charge is 2.27. The first kappa shape index (κ1) is 23.4. The molecule has 3 N–H and O–H groups in total. The highest BCUT2D eigenvalue weighted by Crippen LogP contribution is 2.37. The van der Waals surface area contributed by atoms with Gasteiger partial charge in [0.15, 0.2) is 11.2 Å². The summed E-state index contributed by atoms with van der Waals surface area (Å²) in [5.41, 5.74) is 11.0. The van der Waals surface area contributed by atoms with E-state index in [2.05, 4.69) is 20.3 Å². The zero-order valence-corrected chi connectivity index (χ0v) is 20.6. The molecule has 1 aliphatic rings. The summed E-state index contributed by atoms with van der Waals surface area (Å²) in [6.07, 6.45) is 5.58. The minimum Gasteiger partial charge on any atom is -0.423 e. The Bertz CT molecular complexity index is 1510. The molecular formula is C27H29N7O3. The highest BCUT2D eigenvalue weighted by atomic mass is 16.5. The maximum atomic E-state index is 6.35. The van der Waals surface area contributed by atoms with E-state index in [1.807, 2.05) is 53.2 Å². The fraction of sp³-hybridized carbons (Fsp3) is 0.333. The molecule has 10 heteroatoms. The Balaban J connectivity index is 1.30. The predicted molar refractivity (Wildman–Crippen MR) is 142 cm³/mol. The summed E-state index contributed by atoms with van der Waals surface area (Å²) in [6, 6.07) is 16.3. The zero-order valence-electron chi connectivity index (χ0n) is 20.6. The van der Waals surface area contributed by atoms with Crippen LogP contribution in [0.15, 0.2) is 59.3 Å². The van der Waals surface area contributed by atoms with Crippen molar-refractivity contribution in [3.8, 4) is 11.3 Å². The van der Waals surface area contributed by atoms with E-state index < -0.39 is 0 Å². The summed E-state index contributed by atoms with van der Waals surface area (Å²) in [5, 5.41) is 8.98. The molecule has 3 aromatic heterocycles. The lowest BCUT2D eigenvalue weighted by atomic mass is 9.93. The van der Waals surface area contributed by atoms with Gasteiger partial charge in [-0.05, 0) is 49.9 Å². The number of hydrogen-bond acceptors (Lipinski definition) is 9. The topological polar surface area (TPSA) is 126 Å². The second-order valence-electron chi connectivity index (χ2n) is 9.24. The number of nitrogens with one attached hydrogen (secondary N) is 1. The number of fused-ring (bicyclic) bond motifs is 2. The van der Waals surface area contributed by atoms with Crippen LogP contribution in [0.2, 0.25) is 0 Å². The quantitative estimate of drug-likeness (QED) is 0.280. The van der Waals surface area contributed by atoms with Gasteiger partial charge in [-0.1, -0.05) is 24.3 Å². The van der Waals surface area contributed by atoms with Crippen LogP contribution in [0, 0.1) is 0 Å². The number of anilines is 3. The number of hydrogen-bond donors (Lipinski definition) is 2. The van der Waals surface area contributed by atoms with E-state index in [-0.39, 0.29) is 12.1 Å². The number of rotatable bonds is 8. The minimum atomic E-state index is 0.212. The second kappa shape index (κ2) is 10.2.